The minimum atomic E-state index is 0.0589. The molecule has 3 heterocycles. The maximum Gasteiger partial charge on any atom is 0.259 e. The van der Waals surface area contributed by atoms with Crippen molar-refractivity contribution in [2.24, 2.45) is 0 Å². The largest absolute Gasteiger partial charge is 0.384 e. The van der Waals surface area contributed by atoms with Crippen molar-refractivity contribution in [2.75, 3.05) is 19.0 Å². The van der Waals surface area contributed by atoms with E-state index in [0.717, 1.165) is 22.6 Å². The zero-order chi connectivity index (χ0) is 17.6. The summed E-state index contributed by atoms with van der Waals surface area (Å²) in [7, 11) is 1.64. The van der Waals surface area contributed by atoms with Crippen LogP contribution in [0.2, 0.25) is 0 Å². The van der Waals surface area contributed by atoms with Gasteiger partial charge in [-0.25, -0.2) is 4.98 Å². The maximum absolute atomic E-state index is 5.27. The van der Waals surface area contributed by atoms with Crippen molar-refractivity contribution >= 4 is 5.82 Å². The second-order valence-corrected chi connectivity index (χ2v) is 5.76. The monoisotopic (exact) mass is 339 g/mol. The molecule has 0 aromatic carbocycles. The van der Waals surface area contributed by atoms with Gasteiger partial charge in [0.1, 0.15) is 5.82 Å². The molecule has 0 aliphatic rings. The summed E-state index contributed by atoms with van der Waals surface area (Å²) in [5.41, 5.74) is 2.94. The van der Waals surface area contributed by atoms with E-state index in [-0.39, 0.29) is 6.04 Å². The molecule has 130 valence electrons. The quantitative estimate of drug-likeness (QED) is 0.707. The van der Waals surface area contributed by atoms with E-state index in [4.69, 9.17) is 9.26 Å². The lowest BCUT2D eigenvalue weighted by atomic mass is 10.1. The average molecular weight is 339 g/mol. The zero-order valence-electron chi connectivity index (χ0n) is 14.6. The molecule has 0 aliphatic heterocycles. The Morgan fingerprint density at radius 2 is 2.12 bits per heavy atom. The highest BCUT2D eigenvalue weighted by Crippen LogP contribution is 2.21. The molecule has 0 saturated carbocycles. The number of hydrogen-bond acceptors (Lipinski definition) is 7. The van der Waals surface area contributed by atoms with Crippen LogP contribution in [0.15, 0.2) is 41.2 Å². The Kier molecular flexibility index (Phi) is 5.35. The van der Waals surface area contributed by atoms with Gasteiger partial charge in [-0.05, 0) is 37.6 Å². The maximum atomic E-state index is 5.27. The summed E-state index contributed by atoms with van der Waals surface area (Å²) < 4.78 is 10.3. The van der Waals surface area contributed by atoms with Gasteiger partial charge in [0.2, 0.25) is 0 Å². The van der Waals surface area contributed by atoms with Gasteiger partial charge in [0, 0.05) is 25.9 Å². The van der Waals surface area contributed by atoms with Crippen LogP contribution >= 0.6 is 0 Å². The van der Waals surface area contributed by atoms with Crippen molar-refractivity contribution < 1.29 is 9.26 Å². The highest BCUT2D eigenvalue weighted by Gasteiger charge is 2.12. The highest BCUT2D eigenvalue weighted by molar-refractivity contribution is 5.54. The molecule has 7 heteroatoms. The molecule has 0 amide bonds. The van der Waals surface area contributed by atoms with E-state index in [9.17, 15) is 0 Å². The Morgan fingerprint density at radius 3 is 2.84 bits per heavy atom. The van der Waals surface area contributed by atoms with Crippen LogP contribution in [-0.2, 0) is 11.2 Å². The molecule has 3 aromatic rings. The Balaban J connectivity index is 1.68. The lowest BCUT2D eigenvalue weighted by Crippen LogP contribution is -2.10. The van der Waals surface area contributed by atoms with Crippen LogP contribution in [0.4, 0.5) is 5.82 Å². The third kappa shape index (κ3) is 4.19. The summed E-state index contributed by atoms with van der Waals surface area (Å²) in [4.78, 5) is 13.2. The predicted molar refractivity (Wildman–Crippen MR) is 94.1 cm³/mol. The van der Waals surface area contributed by atoms with E-state index < -0.39 is 0 Å². The van der Waals surface area contributed by atoms with Crippen LogP contribution in [-0.4, -0.2) is 33.8 Å². The lowest BCUT2D eigenvalue weighted by Gasteiger charge is -2.15. The van der Waals surface area contributed by atoms with Crippen LogP contribution in [0.3, 0.4) is 0 Å². The highest BCUT2D eigenvalue weighted by atomic mass is 16.5. The van der Waals surface area contributed by atoms with Crippen molar-refractivity contribution in [3.63, 3.8) is 0 Å². The molecular formula is C18H21N5O2. The Labute approximate surface area is 146 Å². The van der Waals surface area contributed by atoms with Crippen molar-refractivity contribution in [3.05, 3.63) is 53.7 Å². The Bertz CT molecular complexity index is 816. The molecule has 0 bridgehead atoms. The van der Waals surface area contributed by atoms with Gasteiger partial charge in [-0.1, -0.05) is 11.2 Å². The van der Waals surface area contributed by atoms with Gasteiger partial charge < -0.3 is 14.6 Å². The van der Waals surface area contributed by atoms with Gasteiger partial charge >= 0.3 is 0 Å². The van der Waals surface area contributed by atoms with E-state index in [0.29, 0.717) is 24.7 Å². The predicted octanol–water partition coefficient (Wildman–Crippen LogP) is 3.20. The minimum Gasteiger partial charge on any atom is -0.384 e. The molecule has 0 unspecified atom stereocenters. The first kappa shape index (κ1) is 17.0. The number of aromatic nitrogens is 4. The third-order valence-electron chi connectivity index (χ3n) is 3.83. The van der Waals surface area contributed by atoms with Crippen molar-refractivity contribution in [1.82, 2.24) is 20.1 Å². The molecule has 0 aliphatic carbocycles. The van der Waals surface area contributed by atoms with E-state index in [1.807, 2.05) is 31.2 Å². The molecule has 25 heavy (non-hydrogen) atoms. The fourth-order valence-electron chi connectivity index (χ4n) is 2.51. The summed E-state index contributed by atoms with van der Waals surface area (Å²) >= 11 is 0. The lowest BCUT2D eigenvalue weighted by molar-refractivity contribution is 0.199. The van der Waals surface area contributed by atoms with Crippen LogP contribution in [0, 0.1) is 6.92 Å². The number of anilines is 1. The smallest absolute Gasteiger partial charge is 0.259 e. The molecule has 0 fully saturated rings. The molecule has 0 radical (unpaired) electrons. The molecule has 0 saturated heterocycles. The molecular weight excluding hydrogens is 318 g/mol. The number of aryl methyl sites for hydroxylation is 1. The van der Waals surface area contributed by atoms with E-state index in [1.54, 1.807) is 19.5 Å². The summed E-state index contributed by atoms with van der Waals surface area (Å²) in [6.45, 7) is 4.67. The second kappa shape index (κ2) is 7.85. The second-order valence-electron chi connectivity index (χ2n) is 5.76. The summed E-state index contributed by atoms with van der Waals surface area (Å²) in [6, 6.07) is 7.84. The van der Waals surface area contributed by atoms with Crippen molar-refractivity contribution in [1.29, 1.82) is 0 Å². The number of nitrogens with zero attached hydrogens (tertiary/aromatic N) is 4. The van der Waals surface area contributed by atoms with Crippen LogP contribution < -0.4 is 5.32 Å². The van der Waals surface area contributed by atoms with Gasteiger partial charge in [0.15, 0.2) is 5.82 Å². The zero-order valence-corrected chi connectivity index (χ0v) is 14.6. The SMILES string of the molecule is COCCc1noc(-c2ccc(N[C@H](C)c3ncccc3C)nc2)n1. The summed E-state index contributed by atoms with van der Waals surface area (Å²) in [5.74, 6) is 1.84. The molecule has 7 nitrogen and oxygen atoms in total. The van der Waals surface area contributed by atoms with E-state index in [2.05, 4.69) is 32.3 Å². The first-order chi connectivity index (χ1) is 12.2. The first-order valence-electron chi connectivity index (χ1n) is 8.13. The minimum absolute atomic E-state index is 0.0589. The van der Waals surface area contributed by atoms with Crippen molar-refractivity contribution in [2.45, 2.75) is 26.3 Å². The summed E-state index contributed by atoms with van der Waals surface area (Å²) in [6.07, 6.45) is 4.13. The molecule has 3 rings (SSSR count). The van der Waals surface area contributed by atoms with Crippen LogP contribution in [0.25, 0.3) is 11.5 Å². The number of pyridine rings is 2. The van der Waals surface area contributed by atoms with Gasteiger partial charge in [-0.3, -0.25) is 4.98 Å². The van der Waals surface area contributed by atoms with Gasteiger partial charge in [0.05, 0.1) is 23.9 Å². The topological polar surface area (TPSA) is 86.0 Å². The fourth-order valence-corrected chi connectivity index (χ4v) is 2.51. The van der Waals surface area contributed by atoms with E-state index >= 15 is 0 Å². The Hall–Kier alpha value is -2.80. The number of rotatable bonds is 7. The fraction of sp³-hybridized carbons (Fsp3) is 0.333. The first-order valence-corrected chi connectivity index (χ1v) is 8.13. The van der Waals surface area contributed by atoms with E-state index in [1.165, 1.54) is 0 Å². The van der Waals surface area contributed by atoms with Gasteiger partial charge in [-0.15, -0.1) is 0 Å². The number of nitrogens with one attached hydrogen (secondary N) is 1. The average Bonchev–Trinajstić information content (AvgIpc) is 3.10. The van der Waals surface area contributed by atoms with Crippen LogP contribution in [0.1, 0.15) is 30.0 Å². The third-order valence-corrected chi connectivity index (χ3v) is 3.83. The number of methoxy groups -OCH3 is 1. The molecule has 0 spiro atoms. The number of hydrogen-bond donors (Lipinski definition) is 1. The normalized spacial score (nSPS) is 12.1. The standard InChI is InChI=1S/C18H21N5O2/c1-12-5-4-9-19-17(12)13(2)21-15-7-6-14(11-20-15)18-22-16(23-25-18)8-10-24-3/h4-7,9,11,13H,8,10H2,1-3H3,(H,20,21)/t13-/m1/s1. The van der Waals surface area contributed by atoms with Crippen LogP contribution in [0.5, 0.6) is 0 Å². The number of ether oxygens (including phenoxy) is 1. The summed E-state index contributed by atoms with van der Waals surface area (Å²) in [5, 5.41) is 7.29. The van der Waals surface area contributed by atoms with Gasteiger partial charge in [0.25, 0.3) is 5.89 Å². The molecule has 1 N–H and O–H groups in total. The van der Waals surface area contributed by atoms with Crippen molar-refractivity contribution in [3.8, 4) is 11.5 Å². The van der Waals surface area contributed by atoms with Gasteiger partial charge in [-0.2, -0.15) is 4.98 Å². The molecule has 3 aromatic heterocycles. The molecule has 1 atom stereocenters. The Morgan fingerprint density at radius 1 is 1.24 bits per heavy atom.